The molecule has 1 aromatic carbocycles. The topological polar surface area (TPSA) is 185 Å². The summed E-state index contributed by atoms with van der Waals surface area (Å²) in [7, 11) is -4.59. The molecule has 14 nitrogen and oxygen atoms in total. The van der Waals surface area contributed by atoms with E-state index in [1.54, 1.807) is 30.3 Å². The van der Waals surface area contributed by atoms with Crippen molar-refractivity contribution in [1.29, 1.82) is 0 Å². The van der Waals surface area contributed by atoms with Gasteiger partial charge in [-0.2, -0.15) is 0 Å². The molecule has 2 fully saturated rings. The number of nitrogens with one attached hydrogen (secondary N) is 1. The van der Waals surface area contributed by atoms with Gasteiger partial charge in [0.2, 0.25) is 6.79 Å². The van der Waals surface area contributed by atoms with Crippen LogP contribution in [0.4, 0.5) is 9.18 Å². The lowest BCUT2D eigenvalue weighted by molar-refractivity contribution is -0.122. The molecular weight excluding hydrogens is 558 g/mol. The molecule has 1 saturated heterocycles. The zero-order valence-corrected chi connectivity index (χ0v) is 22.4. The van der Waals surface area contributed by atoms with Crippen LogP contribution in [0.25, 0.3) is 0 Å². The van der Waals surface area contributed by atoms with Crippen molar-refractivity contribution in [2.45, 2.75) is 43.8 Å². The first-order valence-corrected chi connectivity index (χ1v) is 13.7. The van der Waals surface area contributed by atoms with Gasteiger partial charge in [-0.1, -0.05) is 30.3 Å². The summed E-state index contributed by atoms with van der Waals surface area (Å²) in [6.07, 6.45) is -2.64. The second-order valence-electron chi connectivity index (χ2n) is 9.76. The number of aromatic nitrogens is 2. The molecule has 3 N–H and O–H groups in total. The number of alkyl halides is 1. The molecule has 5 atom stereocenters. The molecule has 40 heavy (non-hydrogen) atoms. The number of hydrogen-bond donors (Lipinski definition) is 3. The predicted molar refractivity (Wildman–Crippen MR) is 133 cm³/mol. The van der Waals surface area contributed by atoms with Gasteiger partial charge >= 0.3 is 19.7 Å². The van der Waals surface area contributed by atoms with Crippen LogP contribution in [0.15, 0.2) is 52.2 Å². The number of ether oxygens (including phenoxy) is 3. The Morgan fingerprint density at radius 3 is 2.55 bits per heavy atom. The van der Waals surface area contributed by atoms with Crippen LogP contribution < -0.4 is 11.2 Å². The third-order valence-electron chi connectivity index (χ3n) is 6.86. The summed E-state index contributed by atoms with van der Waals surface area (Å²) in [6, 6.07) is 8.37. The summed E-state index contributed by atoms with van der Waals surface area (Å²) in [4.78, 5) is 37.7. The Labute approximate surface area is 227 Å². The van der Waals surface area contributed by atoms with Gasteiger partial charge in [-0.05, 0) is 18.9 Å². The second-order valence-corrected chi connectivity index (χ2v) is 11.4. The Bertz CT molecular complexity index is 1330. The first-order chi connectivity index (χ1) is 19.0. The molecular formula is C24H30FN2O12P. The molecule has 16 heteroatoms. The maximum absolute atomic E-state index is 14.6. The van der Waals surface area contributed by atoms with Crippen LogP contribution >= 0.6 is 7.82 Å². The maximum atomic E-state index is 14.6. The number of benzene rings is 1. The minimum atomic E-state index is -4.59. The largest absolute Gasteiger partial charge is 0.510 e. The number of rotatable bonds is 12. The Hall–Kier alpha value is -2.91. The van der Waals surface area contributed by atoms with E-state index in [9.17, 15) is 33.6 Å². The van der Waals surface area contributed by atoms with Gasteiger partial charge in [-0.3, -0.25) is 27.8 Å². The molecule has 4 rings (SSSR count). The molecule has 220 valence electrons. The summed E-state index contributed by atoms with van der Waals surface area (Å²) in [6.45, 7) is -1.60. The van der Waals surface area contributed by atoms with Crippen molar-refractivity contribution in [1.82, 2.24) is 9.55 Å². The summed E-state index contributed by atoms with van der Waals surface area (Å²) < 4.78 is 59.6. The van der Waals surface area contributed by atoms with Crippen molar-refractivity contribution in [3.63, 3.8) is 0 Å². The third-order valence-corrected chi connectivity index (χ3v) is 8.17. The molecule has 0 amide bonds. The first-order valence-electron chi connectivity index (χ1n) is 12.2. The number of carbonyl (C=O) groups excluding carboxylic acids is 1. The van der Waals surface area contributed by atoms with Crippen LogP contribution in [-0.2, 0) is 39.0 Å². The number of H-pyrrole nitrogens is 1. The van der Waals surface area contributed by atoms with Gasteiger partial charge < -0.3 is 24.4 Å². The Morgan fingerprint density at radius 2 is 1.93 bits per heavy atom. The third kappa shape index (κ3) is 6.69. The molecule has 0 radical (unpaired) electrons. The average Bonchev–Trinajstić information content (AvgIpc) is 3.10. The first kappa shape index (κ1) is 30.1. The minimum absolute atomic E-state index is 0.210. The van der Waals surface area contributed by atoms with E-state index in [-0.39, 0.29) is 26.2 Å². The number of phosphoric ester groups is 1. The van der Waals surface area contributed by atoms with E-state index >= 15 is 0 Å². The van der Waals surface area contributed by atoms with Gasteiger partial charge in [0.25, 0.3) is 5.56 Å². The molecule has 2 heterocycles. The van der Waals surface area contributed by atoms with Crippen LogP contribution in [0.1, 0.15) is 24.9 Å². The summed E-state index contributed by atoms with van der Waals surface area (Å²) in [5.41, 5.74) is -4.91. The van der Waals surface area contributed by atoms with Crippen LogP contribution in [0.3, 0.4) is 0 Å². The fourth-order valence-corrected chi connectivity index (χ4v) is 5.63. The van der Waals surface area contributed by atoms with Crippen molar-refractivity contribution in [2.24, 2.45) is 5.41 Å². The van der Waals surface area contributed by atoms with Gasteiger partial charge in [0.1, 0.15) is 5.60 Å². The summed E-state index contributed by atoms with van der Waals surface area (Å²) >= 11 is 0. The van der Waals surface area contributed by atoms with Crippen LogP contribution in [0.5, 0.6) is 0 Å². The number of phosphoric acid groups is 1. The number of aliphatic hydroxyl groups excluding tert-OH is 1. The highest BCUT2D eigenvalue weighted by Crippen LogP contribution is 2.56. The number of aromatic amines is 1. The SMILES string of the molecule is C[C@@]1(O)[C@H](O)[C@@](CF)(COP(=O)(OCOC(=O)OC2COC2)OCc2ccccc2)C[C@H]1n1ccc(=O)[nH]c1=O. The monoisotopic (exact) mass is 588 g/mol. The highest BCUT2D eigenvalue weighted by Gasteiger charge is 2.61. The van der Waals surface area contributed by atoms with Gasteiger partial charge in [-0.25, -0.2) is 18.7 Å². The fourth-order valence-electron chi connectivity index (χ4n) is 4.50. The van der Waals surface area contributed by atoms with Gasteiger partial charge in [0, 0.05) is 12.3 Å². The quantitative estimate of drug-likeness (QED) is 0.184. The van der Waals surface area contributed by atoms with E-state index < -0.39 is 74.6 Å². The van der Waals surface area contributed by atoms with E-state index in [4.69, 9.17) is 27.8 Å². The Balaban J connectivity index is 1.49. The summed E-state index contributed by atoms with van der Waals surface area (Å²) in [5, 5.41) is 22.1. The molecule has 1 aromatic heterocycles. The number of aliphatic hydroxyl groups is 2. The zero-order chi connectivity index (χ0) is 29.0. The fraction of sp³-hybridized carbons (Fsp3) is 0.542. The second kappa shape index (κ2) is 12.3. The zero-order valence-electron chi connectivity index (χ0n) is 21.5. The Kier molecular flexibility index (Phi) is 9.25. The predicted octanol–water partition coefficient (Wildman–Crippen LogP) is 1.42. The molecule has 1 saturated carbocycles. The van der Waals surface area contributed by atoms with E-state index in [0.29, 0.717) is 5.56 Å². The van der Waals surface area contributed by atoms with Crippen LogP contribution in [-0.4, -0.2) is 77.0 Å². The van der Waals surface area contributed by atoms with Crippen molar-refractivity contribution in [2.75, 3.05) is 33.3 Å². The maximum Gasteiger partial charge on any atom is 0.510 e. The van der Waals surface area contributed by atoms with Crippen LogP contribution in [0.2, 0.25) is 0 Å². The number of halogens is 1. The van der Waals surface area contributed by atoms with Crippen LogP contribution in [0, 0.1) is 5.41 Å². The van der Waals surface area contributed by atoms with E-state index in [2.05, 4.69) is 0 Å². The van der Waals surface area contributed by atoms with Crippen molar-refractivity contribution < 1.29 is 51.7 Å². The van der Waals surface area contributed by atoms with Crippen molar-refractivity contribution in [3.05, 3.63) is 69.0 Å². The van der Waals surface area contributed by atoms with E-state index in [1.807, 2.05) is 4.98 Å². The highest BCUT2D eigenvalue weighted by atomic mass is 31.2. The Morgan fingerprint density at radius 1 is 1.20 bits per heavy atom. The van der Waals surface area contributed by atoms with Gasteiger partial charge in [-0.15, -0.1) is 0 Å². The minimum Gasteiger partial charge on any atom is -0.426 e. The van der Waals surface area contributed by atoms with Crippen molar-refractivity contribution >= 4 is 14.0 Å². The molecule has 1 aliphatic heterocycles. The molecule has 0 spiro atoms. The average molecular weight is 588 g/mol. The number of hydrogen-bond acceptors (Lipinski definition) is 12. The molecule has 1 unspecified atom stereocenters. The lowest BCUT2D eigenvalue weighted by Gasteiger charge is -2.34. The smallest absolute Gasteiger partial charge is 0.426 e. The number of nitrogens with zero attached hydrogens (tertiary/aromatic N) is 1. The van der Waals surface area contributed by atoms with Crippen molar-refractivity contribution in [3.8, 4) is 0 Å². The summed E-state index contributed by atoms with van der Waals surface area (Å²) in [5.74, 6) is 0. The van der Waals surface area contributed by atoms with E-state index in [1.165, 1.54) is 6.92 Å². The normalized spacial score (nSPS) is 28.0. The molecule has 2 aliphatic rings. The van der Waals surface area contributed by atoms with Gasteiger partial charge in [0.05, 0.1) is 50.7 Å². The lowest BCUT2D eigenvalue weighted by atomic mass is 9.84. The molecule has 1 aliphatic carbocycles. The molecule has 0 bridgehead atoms. The number of carbonyl (C=O) groups is 1. The van der Waals surface area contributed by atoms with E-state index in [0.717, 1.165) is 16.8 Å². The highest BCUT2D eigenvalue weighted by molar-refractivity contribution is 7.48. The standard InChI is InChI=1S/C24H30FN2O12P/c1-23(32)18(27-8-7-19(28)26-21(27)30)9-24(13-25,20(23)29)14-37-40(33,36-10-16-5-3-2-4-6-16)38-15-35-22(31)39-17-11-34-12-17/h2-8,17-18,20,29,32H,9-15H2,1H3,(H,26,28,30)/t18-,20+,23+,24+,40?/m1/s1. The lowest BCUT2D eigenvalue weighted by Crippen LogP contribution is -2.49. The van der Waals surface area contributed by atoms with Gasteiger partial charge in [0.15, 0.2) is 6.10 Å². The molecule has 2 aromatic rings.